The molecule has 0 amide bonds. The van der Waals surface area contributed by atoms with Crippen LogP contribution in [0.5, 0.6) is 0 Å². The fourth-order valence-electron chi connectivity index (χ4n) is 2.26. The van der Waals surface area contributed by atoms with Gasteiger partial charge in [-0.25, -0.2) is 8.42 Å². The maximum absolute atomic E-state index is 12.6. The van der Waals surface area contributed by atoms with E-state index in [2.05, 4.69) is 4.74 Å². The minimum atomic E-state index is -3.89. The number of carbonyl (C=O) groups is 1. The molecule has 1 atom stereocenters. The van der Waals surface area contributed by atoms with E-state index in [1.165, 1.54) is 23.5 Å². The molecular weight excluding hydrogens is 339 g/mol. The second kappa shape index (κ2) is 6.00. The van der Waals surface area contributed by atoms with Gasteiger partial charge in [0.15, 0.2) is 0 Å². The highest BCUT2D eigenvalue weighted by Gasteiger charge is 2.38. The van der Waals surface area contributed by atoms with Gasteiger partial charge in [-0.05, 0) is 18.6 Å². The summed E-state index contributed by atoms with van der Waals surface area (Å²) >= 11 is 11.9. The minimum Gasteiger partial charge on any atom is -0.469 e. The number of hydrogen-bond donors (Lipinski definition) is 1. The van der Waals surface area contributed by atoms with Crippen LogP contribution in [0.15, 0.2) is 17.0 Å². The minimum absolute atomic E-state index is 0.0403. The molecule has 0 radical (unpaired) electrons. The van der Waals surface area contributed by atoms with Crippen molar-refractivity contribution < 1.29 is 17.9 Å². The van der Waals surface area contributed by atoms with Crippen molar-refractivity contribution >= 4 is 44.9 Å². The van der Waals surface area contributed by atoms with E-state index in [9.17, 15) is 13.2 Å². The van der Waals surface area contributed by atoms with Crippen LogP contribution in [0.25, 0.3) is 0 Å². The van der Waals surface area contributed by atoms with Gasteiger partial charge in [0.05, 0.1) is 23.1 Å². The van der Waals surface area contributed by atoms with Crippen LogP contribution >= 0.6 is 23.2 Å². The van der Waals surface area contributed by atoms with Crippen molar-refractivity contribution in [2.24, 2.45) is 5.92 Å². The van der Waals surface area contributed by atoms with Crippen LogP contribution in [-0.4, -0.2) is 38.9 Å². The number of rotatable bonds is 3. The Labute approximate surface area is 132 Å². The normalized spacial score (nSPS) is 19.7. The number of hydrogen-bond acceptors (Lipinski definition) is 5. The molecule has 1 aromatic carbocycles. The summed E-state index contributed by atoms with van der Waals surface area (Å²) in [4.78, 5) is 11.3. The van der Waals surface area contributed by atoms with Crippen molar-refractivity contribution in [1.82, 2.24) is 4.31 Å². The molecule has 0 aliphatic carbocycles. The molecule has 1 aromatic rings. The molecule has 1 unspecified atom stereocenters. The van der Waals surface area contributed by atoms with Crippen molar-refractivity contribution in [3.05, 3.63) is 22.2 Å². The summed E-state index contributed by atoms with van der Waals surface area (Å²) in [6, 6.07) is 2.66. The number of ether oxygens (including phenoxy) is 1. The van der Waals surface area contributed by atoms with Gasteiger partial charge in [0.25, 0.3) is 0 Å². The number of esters is 1. The van der Waals surface area contributed by atoms with Crippen molar-refractivity contribution in [2.45, 2.75) is 11.3 Å². The molecule has 9 heteroatoms. The Bertz CT molecular complexity index is 655. The number of halogens is 2. The maximum atomic E-state index is 12.6. The zero-order valence-corrected chi connectivity index (χ0v) is 13.5. The topological polar surface area (TPSA) is 89.7 Å². The number of sulfonamides is 1. The van der Waals surface area contributed by atoms with Crippen LogP contribution in [0.1, 0.15) is 6.42 Å². The largest absolute Gasteiger partial charge is 0.469 e. The molecule has 2 N–H and O–H groups in total. The van der Waals surface area contributed by atoms with Crippen LogP contribution in [0.4, 0.5) is 5.69 Å². The van der Waals surface area contributed by atoms with Gasteiger partial charge in [-0.2, -0.15) is 4.31 Å². The maximum Gasteiger partial charge on any atom is 0.310 e. The molecule has 2 rings (SSSR count). The van der Waals surface area contributed by atoms with E-state index in [1.807, 2.05) is 0 Å². The summed E-state index contributed by atoms with van der Waals surface area (Å²) in [6.45, 7) is 0.255. The second-order valence-electron chi connectivity index (χ2n) is 4.69. The number of nitrogens with zero attached hydrogens (tertiary/aromatic N) is 1. The molecule has 0 saturated carbocycles. The van der Waals surface area contributed by atoms with Gasteiger partial charge < -0.3 is 10.5 Å². The van der Waals surface area contributed by atoms with Gasteiger partial charge in [-0.15, -0.1) is 0 Å². The van der Waals surface area contributed by atoms with E-state index in [0.717, 1.165) is 0 Å². The van der Waals surface area contributed by atoms with Gasteiger partial charge in [-0.1, -0.05) is 23.2 Å². The molecule has 1 aliphatic heterocycles. The Morgan fingerprint density at radius 2 is 1.95 bits per heavy atom. The lowest BCUT2D eigenvalue weighted by atomic mass is 10.1. The highest BCUT2D eigenvalue weighted by Crippen LogP contribution is 2.35. The summed E-state index contributed by atoms with van der Waals surface area (Å²) in [5, 5.41) is -0.0805. The first-order valence-corrected chi connectivity index (χ1v) is 8.29. The Morgan fingerprint density at radius 3 is 2.48 bits per heavy atom. The summed E-state index contributed by atoms with van der Waals surface area (Å²) in [7, 11) is -2.61. The van der Waals surface area contributed by atoms with Gasteiger partial charge in [0, 0.05) is 18.8 Å². The van der Waals surface area contributed by atoms with Crippen molar-refractivity contribution in [3.8, 4) is 0 Å². The smallest absolute Gasteiger partial charge is 0.310 e. The number of nitrogen functional groups attached to an aromatic ring is 1. The SMILES string of the molecule is COC(=O)C1CCN(S(=O)(=O)c2c(Cl)cc(N)cc2Cl)C1. The number of carbonyl (C=O) groups excluding carboxylic acids is 1. The van der Waals surface area contributed by atoms with E-state index in [4.69, 9.17) is 28.9 Å². The molecule has 0 bridgehead atoms. The summed E-state index contributed by atoms with van der Waals surface area (Å²) < 4.78 is 31.0. The summed E-state index contributed by atoms with van der Waals surface area (Å²) in [5.74, 6) is -0.904. The third-order valence-corrected chi connectivity index (χ3v) is 6.09. The zero-order valence-electron chi connectivity index (χ0n) is 11.2. The molecule has 1 saturated heterocycles. The van der Waals surface area contributed by atoms with Gasteiger partial charge in [0.1, 0.15) is 4.90 Å². The third-order valence-electron chi connectivity index (χ3n) is 3.30. The van der Waals surface area contributed by atoms with Crippen LogP contribution in [0.2, 0.25) is 10.0 Å². The predicted molar refractivity (Wildman–Crippen MR) is 79.8 cm³/mol. The van der Waals surface area contributed by atoms with Crippen LogP contribution in [-0.2, 0) is 19.6 Å². The van der Waals surface area contributed by atoms with Gasteiger partial charge in [0.2, 0.25) is 10.0 Å². The first kappa shape index (κ1) is 16.4. The second-order valence-corrected chi connectivity index (χ2v) is 7.37. The fourth-order valence-corrected chi connectivity index (χ4v) is 4.94. The highest BCUT2D eigenvalue weighted by molar-refractivity contribution is 7.89. The molecule has 1 aliphatic rings. The number of anilines is 1. The Morgan fingerprint density at radius 1 is 1.38 bits per heavy atom. The van der Waals surface area contributed by atoms with Crippen molar-refractivity contribution in [3.63, 3.8) is 0 Å². The number of methoxy groups -OCH3 is 1. The number of benzene rings is 1. The quantitative estimate of drug-likeness (QED) is 0.661. The van der Waals surface area contributed by atoms with E-state index in [-0.39, 0.29) is 33.7 Å². The van der Waals surface area contributed by atoms with E-state index < -0.39 is 21.9 Å². The molecule has 0 aromatic heterocycles. The first-order chi connectivity index (χ1) is 9.77. The molecule has 1 heterocycles. The van der Waals surface area contributed by atoms with Gasteiger partial charge in [-0.3, -0.25) is 4.79 Å². The monoisotopic (exact) mass is 352 g/mol. The molecule has 21 heavy (non-hydrogen) atoms. The molecule has 1 fully saturated rings. The van der Waals surface area contributed by atoms with Crippen molar-refractivity contribution in [1.29, 1.82) is 0 Å². The number of nitrogens with two attached hydrogens (primary N) is 1. The lowest BCUT2D eigenvalue weighted by Gasteiger charge is -2.18. The van der Waals surface area contributed by atoms with Crippen LogP contribution < -0.4 is 5.73 Å². The molecule has 6 nitrogen and oxygen atoms in total. The lowest BCUT2D eigenvalue weighted by Crippen LogP contribution is -2.30. The molecular formula is C12H14Cl2N2O4S. The Hall–Kier alpha value is -1.02. The molecule has 116 valence electrons. The lowest BCUT2D eigenvalue weighted by molar-refractivity contribution is -0.144. The van der Waals surface area contributed by atoms with Crippen LogP contribution in [0, 0.1) is 5.92 Å². The first-order valence-electron chi connectivity index (χ1n) is 6.10. The standard InChI is InChI=1S/C12H14Cl2N2O4S/c1-20-12(17)7-2-3-16(6-7)21(18,19)11-9(13)4-8(15)5-10(11)14/h4-5,7H,2-3,6,15H2,1H3. The van der Waals surface area contributed by atoms with Gasteiger partial charge >= 0.3 is 5.97 Å². The summed E-state index contributed by atoms with van der Waals surface area (Å²) in [5.41, 5.74) is 5.84. The average Bonchev–Trinajstić information content (AvgIpc) is 2.86. The predicted octanol–water partition coefficient (Wildman–Crippen LogP) is 1.76. The van der Waals surface area contributed by atoms with E-state index >= 15 is 0 Å². The Balaban J connectivity index is 2.34. The van der Waals surface area contributed by atoms with Crippen molar-refractivity contribution in [2.75, 3.05) is 25.9 Å². The Kier molecular flexibility index (Phi) is 4.67. The average molecular weight is 353 g/mol. The van der Waals surface area contributed by atoms with E-state index in [1.54, 1.807) is 0 Å². The molecule has 0 spiro atoms. The fraction of sp³-hybridized carbons (Fsp3) is 0.417. The van der Waals surface area contributed by atoms with E-state index in [0.29, 0.717) is 6.42 Å². The third kappa shape index (κ3) is 3.11. The van der Waals surface area contributed by atoms with Crippen LogP contribution in [0.3, 0.4) is 0 Å². The zero-order chi connectivity index (χ0) is 15.8. The summed E-state index contributed by atoms with van der Waals surface area (Å²) in [6.07, 6.45) is 0.399. The highest BCUT2D eigenvalue weighted by atomic mass is 35.5.